The maximum atomic E-state index is 11.7. The van der Waals surface area contributed by atoms with Crippen molar-refractivity contribution in [3.05, 3.63) is 36.5 Å². The first-order valence-electron chi connectivity index (χ1n) is 5.64. The first kappa shape index (κ1) is 13.4. The lowest BCUT2D eigenvalue weighted by Crippen LogP contribution is -2.53. The minimum Gasteiger partial charge on any atom is -0.861 e. The largest absolute Gasteiger partial charge is 0.861 e. The van der Waals surface area contributed by atoms with Gasteiger partial charge in [0.05, 0.1) is 18.9 Å². The molecule has 19 heavy (non-hydrogen) atoms. The van der Waals surface area contributed by atoms with Crippen molar-refractivity contribution in [2.24, 2.45) is 4.99 Å². The normalized spacial score (nSPS) is 11.6. The molecule has 0 bridgehead atoms. The number of aliphatic imine (C=N–C) groups is 1. The Kier molecular flexibility index (Phi) is 4.40. The molecule has 0 spiro atoms. The van der Waals surface area contributed by atoms with Crippen molar-refractivity contribution in [2.45, 2.75) is 4.90 Å². The molecule has 7 heteroatoms. The molecule has 2 aromatic rings. The van der Waals surface area contributed by atoms with E-state index in [9.17, 15) is 5.11 Å². The van der Waals surface area contributed by atoms with E-state index in [0.29, 0.717) is 0 Å². The van der Waals surface area contributed by atoms with Gasteiger partial charge in [0.15, 0.2) is 0 Å². The summed E-state index contributed by atoms with van der Waals surface area (Å²) in [5.41, 5.74) is 0. The number of benzene rings is 1. The molecule has 0 aliphatic heterocycles. The van der Waals surface area contributed by atoms with E-state index < -0.39 is 0 Å². The van der Waals surface area contributed by atoms with Gasteiger partial charge in [-0.3, -0.25) is 4.52 Å². The van der Waals surface area contributed by atoms with Crippen molar-refractivity contribution in [3.63, 3.8) is 0 Å². The Balaban J connectivity index is 1.95. The van der Waals surface area contributed by atoms with Gasteiger partial charge in [-0.15, -0.1) is 11.8 Å². The van der Waals surface area contributed by atoms with Gasteiger partial charge in [-0.25, -0.2) is 4.99 Å². The maximum absolute atomic E-state index is 11.7. The molecule has 0 aliphatic rings. The highest BCUT2D eigenvalue weighted by atomic mass is 32.2. The molecule has 0 saturated carbocycles. The van der Waals surface area contributed by atoms with Crippen LogP contribution in [0.2, 0.25) is 0 Å². The van der Waals surface area contributed by atoms with Crippen molar-refractivity contribution in [3.8, 4) is 0 Å². The molecule has 0 fully saturated rings. The van der Waals surface area contributed by atoms with Crippen molar-refractivity contribution >= 4 is 23.5 Å². The summed E-state index contributed by atoms with van der Waals surface area (Å²) in [4.78, 5) is 6.33. The second-order valence-electron chi connectivity index (χ2n) is 3.92. The van der Waals surface area contributed by atoms with Crippen LogP contribution in [0.15, 0.2) is 50.9 Å². The van der Waals surface area contributed by atoms with E-state index in [1.54, 1.807) is 25.3 Å². The summed E-state index contributed by atoms with van der Waals surface area (Å²) in [6.07, 6.45) is 1.55. The van der Waals surface area contributed by atoms with Crippen LogP contribution in [0.1, 0.15) is 0 Å². The Morgan fingerprint density at radius 3 is 2.79 bits per heavy atom. The molecule has 100 valence electrons. The third-order valence-electron chi connectivity index (χ3n) is 2.19. The van der Waals surface area contributed by atoms with E-state index >= 15 is 0 Å². The predicted molar refractivity (Wildman–Crippen MR) is 71.0 cm³/mol. The van der Waals surface area contributed by atoms with Gasteiger partial charge < -0.3 is 5.11 Å². The highest BCUT2D eigenvalue weighted by molar-refractivity contribution is 8.00. The molecule has 0 N–H and O–H groups in total. The molecule has 0 atom stereocenters. The summed E-state index contributed by atoms with van der Waals surface area (Å²) < 4.78 is 4.92. The van der Waals surface area contributed by atoms with Crippen LogP contribution < -0.4 is 14.9 Å². The third kappa shape index (κ3) is 3.99. The number of hydrogen-bond donors (Lipinski definition) is 0. The van der Waals surface area contributed by atoms with Gasteiger partial charge in [0.2, 0.25) is 5.27 Å². The zero-order valence-electron chi connectivity index (χ0n) is 10.7. The molecular formula is C12H14N4O2S. The van der Waals surface area contributed by atoms with E-state index in [0.717, 1.165) is 4.90 Å². The molecule has 1 aromatic carbocycles. The van der Waals surface area contributed by atoms with Crippen molar-refractivity contribution in [2.75, 3.05) is 24.9 Å². The van der Waals surface area contributed by atoms with Crippen molar-refractivity contribution in [1.29, 1.82) is 0 Å². The van der Waals surface area contributed by atoms with E-state index in [1.807, 2.05) is 30.3 Å². The smallest absolute Gasteiger partial charge is 0.324 e. The van der Waals surface area contributed by atoms with E-state index in [1.165, 1.54) is 16.6 Å². The molecule has 1 heterocycles. The minimum atomic E-state index is -0.254. The minimum absolute atomic E-state index is 0.201. The number of aromatic nitrogens is 2. The summed E-state index contributed by atoms with van der Waals surface area (Å²) in [5.74, 6) is 0.218. The molecule has 6 nitrogen and oxygen atoms in total. The summed E-state index contributed by atoms with van der Waals surface area (Å²) in [7, 11) is 3.61. The molecular weight excluding hydrogens is 264 g/mol. The van der Waals surface area contributed by atoms with Crippen LogP contribution in [-0.2, 0) is 0 Å². The van der Waals surface area contributed by atoms with E-state index in [2.05, 4.69) is 10.3 Å². The SMILES string of the molecule is CN(C)[n+]1cc(/N=C(/[O-])CSc2ccccc2)on1. The van der Waals surface area contributed by atoms with Gasteiger partial charge in [-0.1, -0.05) is 18.2 Å². The van der Waals surface area contributed by atoms with Gasteiger partial charge >= 0.3 is 5.88 Å². The second-order valence-corrected chi connectivity index (χ2v) is 4.96. The first-order valence-corrected chi connectivity index (χ1v) is 6.62. The Hall–Kier alpha value is -2.02. The van der Waals surface area contributed by atoms with Crippen LogP contribution in [0.5, 0.6) is 0 Å². The van der Waals surface area contributed by atoms with Crippen LogP contribution in [-0.4, -0.2) is 31.0 Å². The Morgan fingerprint density at radius 2 is 2.16 bits per heavy atom. The van der Waals surface area contributed by atoms with Crippen LogP contribution in [0, 0.1) is 0 Å². The van der Waals surface area contributed by atoms with Crippen LogP contribution >= 0.6 is 11.8 Å². The molecule has 0 unspecified atom stereocenters. The topological polar surface area (TPSA) is 68.6 Å². The second kappa shape index (κ2) is 6.24. The standard InChI is InChI=1S/C12H14N4O2S/c1-15(2)16-8-12(18-14-16)13-11(17)9-19-10-6-4-3-5-7-10/h3-8H,9H2,1-2H3. The zero-order chi connectivity index (χ0) is 13.7. The summed E-state index contributed by atoms with van der Waals surface area (Å²) in [6, 6.07) is 9.70. The third-order valence-corrected chi connectivity index (χ3v) is 3.19. The summed E-state index contributed by atoms with van der Waals surface area (Å²) in [5, 5.41) is 17.1. The van der Waals surface area contributed by atoms with Gasteiger partial charge in [0, 0.05) is 10.6 Å². The van der Waals surface area contributed by atoms with Crippen LogP contribution in [0.4, 0.5) is 5.88 Å². The highest BCUT2D eigenvalue weighted by Crippen LogP contribution is 2.17. The lowest BCUT2D eigenvalue weighted by Gasteiger charge is -2.07. The van der Waals surface area contributed by atoms with Crippen LogP contribution in [0.25, 0.3) is 0 Å². The fourth-order valence-electron chi connectivity index (χ4n) is 1.28. The fourth-order valence-corrected chi connectivity index (χ4v) is 1.99. The number of thioether (sulfide) groups is 1. The first-order chi connectivity index (χ1) is 9.15. The number of nitrogens with zero attached hydrogens (tertiary/aromatic N) is 4. The summed E-state index contributed by atoms with van der Waals surface area (Å²) >= 11 is 1.44. The fraction of sp³-hybridized carbons (Fsp3) is 0.250. The summed E-state index contributed by atoms with van der Waals surface area (Å²) in [6.45, 7) is 0. The molecule has 0 aliphatic carbocycles. The van der Waals surface area contributed by atoms with Crippen molar-refractivity contribution < 1.29 is 14.4 Å². The Bertz CT molecular complexity index is 554. The van der Waals surface area contributed by atoms with Crippen molar-refractivity contribution in [1.82, 2.24) is 5.27 Å². The lowest BCUT2D eigenvalue weighted by atomic mass is 10.4. The zero-order valence-corrected chi connectivity index (χ0v) is 11.5. The molecule has 1 aromatic heterocycles. The van der Waals surface area contributed by atoms with Gasteiger partial charge in [0.1, 0.15) is 0 Å². The molecule has 0 amide bonds. The lowest BCUT2D eigenvalue weighted by molar-refractivity contribution is -0.753. The molecule has 0 saturated heterocycles. The van der Waals surface area contributed by atoms with E-state index in [4.69, 9.17) is 4.52 Å². The van der Waals surface area contributed by atoms with E-state index in [-0.39, 0.29) is 17.5 Å². The monoisotopic (exact) mass is 278 g/mol. The molecule has 2 rings (SSSR count). The number of hydrogen-bond acceptors (Lipinski definition) is 6. The maximum Gasteiger partial charge on any atom is 0.324 e. The average Bonchev–Trinajstić information content (AvgIpc) is 2.86. The average molecular weight is 278 g/mol. The van der Waals surface area contributed by atoms with Gasteiger partial charge in [-0.05, 0) is 18.0 Å². The van der Waals surface area contributed by atoms with Crippen LogP contribution in [0.3, 0.4) is 0 Å². The predicted octanol–water partition coefficient (Wildman–Crippen LogP) is 0.342. The Morgan fingerprint density at radius 1 is 1.42 bits per heavy atom. The molecule has 0 radical (unpaired) electrons. The van der Waals surface area contributed by atoms with Gasteiger partial charge in [0.25, 0.3) is 6.20 Å². The highest BCUT2D eigenvalue weighted by Gasteiger charge is 2.11. The van der Waals surface area contributed by atoms with Gasteiger partial charge in [-0.2, -0.15) is 5.01 Å². The quantitative estimate of drug-likeness (QED) is 0.341. The Labute approximate surface area is 115 Å². The number of rotatable bonds is 5.